The summed E-state index contributed by atoms with van der Waals surface area (Å²) < 4.78 is 0. The highest BCUT2D eigenvalue weighted by atomic mass is 16.6. The summed E-state index contributed by atoms with van der Waals surface area (Å²) in [6.07, 6.45) is 2.19. The van der Waals surface area contributed by atoms with Gasteiger partial charge in [-0.3, -0.25) is 10.1 Å². The van der Waals surface area contributed by atoms with Crippen molar-refractivity contribution in [2.24, 2.45) is 11.8 Å². The van der Waals surface area contributed by atoms with Crippen molar-refractivity contribution >= 4 is 17.3 Å². The van der Waals surface area contributed by atoms with Crippen molar-refractivity contribution in [2.75, 3.05) is 30.4 Å². The molecule has 0 aromatic carbocycles. The van der Waals surface area contributed by atoms with Crippen molar-refractivity contribution in [3.8, 4) is 0 Å². The monoisotopic (exact) mass is 278 g/mol. The molecule has 0 saturated heterocycles. The van der Waals surface area contributed by atoms with Crippen molar-refractivity contribution in [2.45, 2.75) is 26.7 Å². The Morgan fingerprint density at radius 3 is 2.80 bits per heavy atom. The molecule has 6 nitrogen and oxygen atoms in total. The molecule has 0 amide bonds. The van der Waals surface area contributed by atoms with Crippen LogP contribution in [-0.2, 0) is 0 Å². The molecule has 1 fully saturated rings. The fraction of sp³-hybridized carbons (Fsp3) is 0.643. The van der Waals surface area contributed by atoms with Crippen molar-refractivity contribution in [1.82, 2.24) is 4.98 Å². The highest BCUT2D eigenvalue weighted by Gasteiger charge is 2.34. The van der Waals surface area contributed by atoms with Crippen molar-refractivity contribution in [1.29, 1.82) is 0 Å². The van der Waals surface area contributed by atoms with Gasteiger partial charge in [0.05, 0.1) is 4.92 Å². The molecule has 1 N–H and O–H groups in total. The van der Waals surface area contributed by atoms with Crippen LogP contribution in [0.4, 0.5) is 17.3 Å². The largest absolute Gasteiger partial charge is 0.370 e. The van der Waals surface area contributed by atoms with Crippen LogP contribution in [0.25, 0.3) is 0 Å². The summed E-state index contributed by atoms with van der Waals surface area (Å²) in [4.78, 5) is 17.1. The molecule has 6 heteroatoms. The van der Waals surface area contributed by atoms with E-state index < -0.39 is 0 Å². The topological polar surface area (TPSA) is 71.3 Å². The lowest BCUT2D eigenvalue weighted by Gasteiger charge is -2.18. The van der Waals surface area contributed by atoms with E-state index in [1.165, 1.54) is 12.5 Å². The number of hydrogen-bond donors (Lipinski definition) is 1. The Balaban J connectivity index is 2.19. The number of nitro groups is 1. The van der Waals surface area contributed by atoms with Crippen molar-refractivity contribution < 1.29 is 4.92 Å². The molecule has 2 unspecified atom stereocenters. The summed E-state index contributed by atoms with van der Waals surface area (Å²) >= 11 is 0. The Bertz CT molecular complexity index is 492. The zero-order chi connectivity index (χ0) is 14.7. The molecule has 1 saturated carbocycles. The molecular formula is C14H22N4O2. The van der Waals surface area contributed by atoms with E-state index in [1.807, 2.05) is 11.9 Å². The van der Waals surface area contributed by atoms with Crippen LogP contribution in [0.3, 0.4) is 0 Å². The summed E-state index contributed by atoms with van der Waals surface area (Å²) in [5.74, 6) is 2.50. The van der Waals surface area contributed by atoms with E-state index >= 15 is 0 Å². The molecule has 1 aromatic rings. The van der Waals surface area contributed by atoms with Crippen LogP contribution in [-0.4, -0.2) is 30.0 Å². The smallest absolute Gasteiger partial charge is 0.311 e. The Kier molecular flexibility index (Phi) is 4.42. The average Bonchev–Trinajstić information content (AvgIpc) is 3.11. The molecule has 0 radical (unpaired) electrons. The summed E-state index contributed by atoms with van der Waals surface area (Å²) in [6.45, 7) is 5.92. The van der Waals surface area contributed by atoms with Gasteiger partial charge in [0.15, 0.2) is 0 Å². The maximum Gasteiger partial charge on any atom is 0.311 e. The van der Waals surface area contributed by atoms with Gasteiger partial charge in [0.25, 0.3) is 0 Å². The van der Waals surface area contributed by atoms with Crippen LogP contribution in [0.2, 0.25) is 0 Å². The second kappa shape index (κ2) is 6.07. The van der Waals surface area contributed by atoms with Gasteiger partial charge >= 0.3 is 5.69 Å². The van der Waals surface area contributed by atoms with Crippen LogP contribution in [0, 0.1) is 22.0 Å². The third-order valence-electron chi connectivity index (χ3n) is 3.75. The Hall–Kier alpha value is -1.85. The molecule has 1 aliphatic rings. The first-order chi connectivity index (χ1) is 9.52. The molecule has 0 spiro atoms. The first kappa shape index (κ1) is 14.6. The van der Waals surface area contributed by atoms with Crippen molar-refractivity contribution in [3.63, 3.8) is 0 Å². The fourth-order valence-electron chi connectivity index (χ4n) is 2.31. The molecule has 1 heterocycles. The number of anilines is 2. The Labute approximate surface area is 119 Å². The minimum atomic E-state index is -0.362. The minimum Gasteiger partial charge on any atom is -0.370 e. The van der Waals surface area contributed by atoms with E-state index in [1.54, 1.807) is 6.07 Å². The Morgan fingerprint density at radius 1 is 1.55 bits per heavy atom. The van der Waals surface area contributed by atoms with Gasteiger partial charge in [-0.2, -0.15) is 0 Å². The van der Waals surface area contributed by atoms with Gasteiger partial charge in [0, 0.05) is 26.2 Å². The predicted octanol–water partition coefficient (Wildman–Crippen LogP) is 2.90. The lowest BCUT2D eigenvalue weighted by atomic mass is 10.3. The van der Waals surface area contributed by atoms with Gasteiger partial charge in [0.2, 0.25) is 5.82 Å². The van der Waals surface area contributed by atoms with Gasteiger partial charge in [-0.1, -0.05) is 13.8 Å². The molecule has 2 atom stereocenters. The average molecular weight is 278 g/mol. The summed E-state index contributed by atoms with van der Waals surface area (Å²) in [6, 6.07) is 3.21. The standard InChI is InChI=1S/C14H22N4O2/c1-4-7-15-13-6-5-12(18(19)20)14(16-13)17(3)9-11-8-10(11)2/h5-6,10-11H,4,7-9H2,1-3H3,(H,15,16). The van der Waals surface area contributed by atoms with E-state index in [4.69, 9.17) is 0 Å². The molecule has 0 aliphatic heterocycles. The van der Waals surface area contributed by atoms with Gasteiger partial charge in [-0.25, -0.2) is 4.98 Å². The number of hydrogen-bond acceptors (Lipinski definition) is 5. The van der Waals surface area contributed by atoms with Gasteiger partial charge in [0.1, 0.15) is 5.82 Å². The van der Waals surface area contributed by atoms with E-state index in [0.29, 0.717) is 17.6 Å². The lowest BCUT2D eigenvalue weighted by molar-refractivity contribution is -0.384. The minimum absolute atomic E-state index is 0.0721. The second-order valence-electron chi connectivity index (χ2n) is 5.58. The summed E-state index contributed by atoms with van der Waals surface area (Å²) in [7, 11) is 1.88. The first-order valence-corrected chi connectivity index (χ1v) is 7.13. The number of rotatable bonds is 7. The molecular weight excluding hydrogens is 256 g/mol. The number of nitrogens with one attached hydrogen (secondary N) is 1. The van der Waals surface area contributed by atoms with Crippen LogP contribution >= 0.6 is 0 Å². The zero-order valence-corrected chi connectivity index (χ0v) is 12.3. The van der Waals surface area contributed by atoms with E-state index in [2.05, 4.69) is 24.1 Å². The number of nitrogens with zero attached hydrogens (tertiary/aromatic N) is 3. The molecule has 2 rings (SSSR count). The highest BCUT2D eigenvalue weighted by molar-refractivity contribution is 5.61. The molecule has 0 bridgehead atoms. The van der Waals surface area contributed by atoms with E-state index in [9.17, 15) is 10.1 Å². The van der Waals surface area contributed by atoms with Crippen LogP contribution < -0.4 is 10.2 Å². The molecule has 1 aliphatic carbocycles. The summed E-state index contributed by atoms with van der Waals surface area (Å²) in [5, 5.41) is 14.3. The van der Waals surface area contributed by atoms with Gasteiger partial charge < -0.3 is 10.2 Å². The highest BCUT2D eigenvalue weighted by Crippen LogP contribution is 2.39. The van der Waals surface area contributed by atoms with E-state index in [0.717, 1.165) is 25.4 Å². The van der Waals surface area contributed by atoms with Crippen molar-refractivity contribution in [3.05, 3.63) is 22.2 Å². The zero-order valence-electron chi connectivity index (χ0n) is 12.3. The number of aromatic nitrogens is 1. The van der Waals surface area contributed by atoms with Gasteiger partial charge in [-0.15, -0.1) is 0 Å². The number of pyridine rings is 1. The molecule has 110 valence electrons. The molecule has 20 heavy (non-hydrogen) atoms. The molecule has 1 aromatic heterocycles. The fourth-order valence-corrected chi connectivity index (χ4v) is 2.31. The van der Waals surface area contributed by atoms with Crippen LogP contribution in [0.1, 0.15) is 26.7 Å². The quantitative estimate of drug-likeness (QED) is 0.613. The Morgan fingerprint density at radius 2 is 2.25 bits per heavy atom. The maximum absolute atomic E-state index is 11.1. The first-order valence-electron chi connectivity index (χ1n) is 7.13. The van der Waals surface area contributed by atoms with Gasteiger partial charge in [-0.05, 0) is 30.7 Å². The third-order valence-corrected chi connectivity index (χ3v) is 3.75. The SMILES string of the molecule is CCCNc1ccc([N+](=O)[O-])c(N(C)CC2CC2C)n1. The maximum atomic E-state index is 11.1. The van der Waals surface area contributed by atoms with Crippen LogP contribution in [0.15, 0.2) is 12.1 Å². The third kappa shape index (κ3) is 3.37. The second-order valence-corrected chi connectivity index (χ2v) is 5.58. The predicted molar refractivity (Wildman–Crippen MR) is 80.2 cm³/mol. The van der Waals surface area contributed by atoms with Crippen LogP contribution in [0.5, 0.6) is 0 Å². The normalized spacial score (nSPS) is 20.6. The lowest BCUT2D eigenvalue weighted by Crippen LogP contribution is -2.23. The summed E-state index contributed by atoms with van der Waals surface area (Å²) in [5.41, 5.74) is 0.0721. The van der Waals surface area contributed by atoms with E-state index in [-0.39, 0.29) is 10.6 Å².